The average Bonchev–Trinajstić information content (AvgIpc) is 3.34. The molecule has 0 aromatic heterocycles. The number of nitrogens with one attached hydrogen (secondary N) is 1. The zero-order valence-electron chi connectivity index (χ0n) is 12.5. The van der Waals surface area contributed by atoms with Crippen LogP contribution in [0.15, 0.2) is 48.5 Å². The van der Waals surface area contributed by atoms with Crippen molar-refractivity contribution in [2.24, 2.45) is 5.92 Å². The van der Waals surface area contributed by atoms with Crippen molar-refractivity contribution in [2.45, 2.75) is 38.8 Å². The third-order valence-electron chi connectivity index (χ3n) is 4.33. The second-order valence-corrected chi connectivity index (χ2v) is 6.31. The molecule has 1 unspecified atom stereocenters. The van der Waals surface area contributed by atoms with Crippen LogP contribution in [0.25, 0.3) is 0 Å². The first-order valence-corrected chi connectivity index (χ1v) is 8.21. The van der Waals surface area contributed by atoms with Crippen molar-refractivity contribution in [1.82, 2.24) is 5.32 Å². The molecule has 1 aliphatic carbocycles. The Morgan fingerprint density at radius 3 is 2.33 bits per heavy atom. The maximum Gasteiger partial charge on any atom is 0.0406 e. The fraction of sp³-hybridized carbons (Fsp3) is 0.368. The Labute approximate surface area is 132 Å². The van der Waals surface area contributed by atoms with Crippen molar-refractivity contribution >= 4 is 11.6 Å². The SMILES string of the molecule is CCc1ccccc1CNC(c1ccc(Cl)cc1)C1CC1. The van der Waals surface area contributed by atoms with Gasteiger partial charge in [-0.2, -0.15) is 0 Å². The fourth-order valence-electron chi connectivity index (χ4n) is 2.95. The highest BCUT2D eigenvalue weighted by Crippen LogP contribution is 2.41. The van der Waals surface area contributed by atoms with Crippen LogP contribution in [0, 0.1) is 5.92 Å². The van der Waals surface area contributed by atoms with Crippen LogP contribution in [0.2, 0.25) is 5.02 Å². The molecule has 0 radical (unpaired) electrons. The molecule has 2 aromatic carbocycles. The van der Waals surface area contributed by atoms with Gasteiger partial charge in [-0.3, -0.25) is 0 Å². The molecule has 0 heterocycles. The Morgan fingerprint density at radius 1 is 1.05 bits per heavy atom. The van der Waals surface area contributed by atoms with Crippen LogP contribution in [-0.4, -0.2) is 0 Å². The lowest BCUT2D eigenvalue weighted by Crippen LogP contribution is -2.23. The van der Waals surface area contributed by atoms with Gasteiger partial charge in [0.25, 0.3) is 0 Å². The van der Waals surface area contributed by atoms with Gasteiger partial charge in [0.15, 0.2) is 0 Å². The Hall–Kier alpha value is -1.31. The zero-order chi connectivity index (χ0) is 14.7. The van der Waals surface area contributed by atoms with Gasteiger partial charge in [-0.1, -0.05) is 54.9 Å². The lowest BCUT2D eigenvalue weighted by Gasteiger charge is -2.20. The van der Waals surface area contributed by atoms with E-state index in [1.807, 2.05) is 12.1 Å². The summed E-state index contributed by atoms with van der Waals surface area (Å²) < 4.78 is 0. The molecule has 110 valence electrons. The quantitative estimate of drug-likeness (QED) is 0.778. The molecule has 1 saturated carbocycles. The third-order valence-corrected chi connectivity index (χ3v) is 4.59. The van der Waals surface area contributed by atoms with Crippen LogP contribution in [0.4, 0.5) is 0 Å². The maximum atomic E-state index is 6.00. The first-order valence-electron chi connectivity index (χ1n) is 7.83. The Bertz CT molecular complexity index is 587. The van der Waals surface area contributed by atoms with E-state index in [0.29, 0.717) is 6.04 Å². The molecule has 1 nitrogen and oxygen atoms in total. The normalized spacial score (nSPS) is 15.9. The Balaban J connectivity index is 1.72. The van der Waals surface area contributed by atoms with Gasteiger partial charge in [0.2, 0.25) is 0 Å². The van der Waals surface area contributed by atoms with E-state index in [4.69, 9.17) is 11.6 Å². The standard InChI is InChI=1S/C19H22ClN/c1-2-14-5-3-4-6-17(14)13-21-19(15-7-8-15)16-9-11-18(20)12-10-16/h3-6,9-12,15,19,21H,2,7-8,13H2,1H3. The molecule has 1 N–H and O–H groups in total. The molecule has 0 aliphatic heterocycles. The van der Waals surface area contributed by atoms with Crippen molar-refractivity contribution in [1.29, 1.82) is 0 Å². The molecule has 0 bridgehead atoms. The molecule has 1 aliphatic rings. The van der Waals surface area contributed by atoms with Gasteiger partial charge in [-0.15, -0.1) is 0 Å². The van der Waals surface area contributed by atoms with E-state index in [1.165, 1.54) is 29.5 Å². The van der Waals surface area contributed by atoms with E-state index >= 15 is 0 Å². The highest BCUT2D eigenvalue weighted by atomic mass is 35.5. The molecule has 0 spiro atoms. The summed E-state index contributed by atoms with van der Waals surface area (Å²) in [5.74, 6) is 0.778. The molecular formula is C19H22ClN. The monoisotopic (exact) mass is 299 g/mol. The van der Waals surface area contributed by atoms with E-state index < -0.39 is 0 Å². The summed E-state index contributed by atoms with van der Waals surface area (Å²) in [7, 11) is 0. The predicted molar refractivity (Wildman–Crippen MR) is 89.6 cm³/mol. The molecule has 2 heteroatoms. The predicted octanol–water partition coefficient (Wildman–Crippen LogP) is 5.14. The summed E-state index contributed by atoms with van der Waals surface area (Å²) >= 11 is 6.00. The van der Waals surface area contributed by atoms with Gasteiger partial charge in [0, 0.05) is 17.6 Å². The van der Waals surface area contributed by atoms with Crippen LogP contribution in [0.3, 0.4) is 0 Å². The number of hydrogen-bond acceptors (Lipinski definition) is 1. The van der Waals surface area contributed by atoms with E-state index in [2.05, 4.69) is 48.6 Å². The largest absolute Gasteiger partial charge is 0.306 e. The molecule has 1 atom stereocenters. The van der Waals surface area contributed by atoms with Crippen molar-refractivity contribution < 1.29 is 0 Å². The van der Waals surface area contributed by atoms with Crippen LogP contribution < -0.4 is 5.32 Å². The first kappa shape index (κ1) is 14.6. The molecule has 21 heavy (non-hydrogen) atoms. The Morgan fingerprint density at radius 2 is 1.71 bits per heavy atom. The minimum Gasteiger partial charge on any atom is -0.306 e. The van der Waals surface area contributed by atoms with E-state index in [0.717, 1.165) is 23.9 Å². The topological polar surface area (TPSA) is 12.0 Å². The van der Waals surface area contributed by atoms with Crippen LogP contribution >= 0.6 is 11.6 Å². The second-order valence-electron chi connectivity index (χ2n) is 5.87. The minimum absolute atomic E-state index is 0.451. The highest BCUT2D eigenvalue weighted by molar-refractivity contribution is 6.30. The number of halogens is 1. The third kappa shape index (κ3) is 3.66. The molecule has 0 amide bonds. The molecule has 3 rings (SSSR count). The van der Waals surface area contributed by atoms with Gasteiger partial charge in [0.1, 0.15) is 0 Å². The van der Waals surface area contributed by atoms with Crippen molar-refractivity contribution in [3.05, 3.63) is 70.2 Å². The fourth-order valence-corrected chi connectivity index (χ4v) is 3.08. The number of aryl methyl sites for hydroxylation is 1. The van der Waals surface area contributed by atoms with Crippen LogP contribution in [0.5, 0.6) is 0 Å². The lowest BCUT2D eigenvalue weighted by molar-refractivity contribution is 0.479. The average molecular weight is 300 g/mol. The second kappa shape index (κ2) is 6.64. The van der Waals surface area contributed by atoms with Crippen LogP contribution in [0.1, 0.15) is 42.5 Å². The molecule has 1 fully saturated rings. The van der Waals surface area contributed by atoms with Gasteiger partial charge in [-0.05, 0) is 54.0 Å². The van der Waals surface area contributed by atoms with E-state index in [9.17, 15) is 0 Å². The van der Waals surface area contributed by atoms with Gasteiger partial charge < -0.3 is 5.32 Å². The van der Waals surface area contributed by atoms with Crippen LogP contribution in [-0.2, 0) is 13.0 Å². The first-order chi connectivity index (χ1) is 10.3. The van der Waals surface area contributed by atoms with Crippen molar-refractivity contribution in [3.8, 4) is 0 Å². The maximum absolute atomic E-state index is 6.00. The smallest absolute Gasteiger partial charge is 0.0406 e. The number of benzene rings is 2. The summed E-state index contributed by atoms with van der Waals surface area (Å²) in [6, 6.07) is 17.5. The van der Waals surface area contributed by atoms with Gasteiger partial charge in [-0.25, -0.2) is 0 Å². The van der Waals surface area contributed by atoms with Crippen molar-refractivity contribution in [3.63, 3.8) is 0 Å². The van der Waals surface area contributed by atoms with Gasteiger partial charge in [0.05, 0.1) is 0 Å². The molecule has 2 aromatic rings. The molecule has 0 saturated heterocycles. The van der Waals surface area contributed by atoms with Gasteiger partial charge >= 0.3 is 0 Å². The number of hydrogen-bond donors (Lipinski definition) is 1. The Kier molecular flexibility index (Phi) is 4.62. The van der Waals surface area contributed by atoms with Crippen molar-refractivity contribution in [2.75, 3.05) is 0 Å². The lowest BCUT2D eigenvalue weighted by atomic mass is 10.0. The summed E-state index contributed by atoms with van der Waals surface area (Å²) in [5, 5.41) is 4.58. The molecular weight excluding hydrogens is 278 g/mol. The summed E-state index contributed by atoms with van der Waals surface area (Å²) in [6.45, 7) is 3.16. The summed E-state index contributed by atoms with van der Waals surface area (Å²) in [4.78, 5) is 0. The van der Waals surface area contributed by atoms with E-state index in [-0.39, 0.29) is 0 Å². The number of rotatable bonds is 6. The zero-order valence-corrected chi connectivity index (χ0v) is 13.2. The van der Waals surface area contributed by atoms with E-state index in [1.54, 1.807) is 0 Å². The minimum atomic E-state index is 0.451. The summed E-state index contributed by atoms with van der Waals surface area (Å²) in [5.41, 5.74) is 4.21. The highest BCUT2D eigenvalue weighted by Gasteiger charge is 2.31. The summed E-state index contributed by atoms with van der Waals surface area (Å²) in [6.07, 6.45) is 3.75.